The lowest BCUT2D eigenvalue weighted by molar-refractivity contribution is -0.116. The fraction of sp³-hybridized carbons (Fsp3) is 0.350. The van der Waals surface area contributed by atoms with Gasteiger partial charge in [-0.3, -0.25) is 4.79 Å². The molecule has 0 fully saturated rings. The summed E-state index contributed by atoms with van der Waals surface area (Å²) in [7, 11) is 0. The zero-order chi connectivity index (χ0) is 16.4. The van der Waals surface area contributed by atoms with Crippen LogP contribution in [0.2, 0.25) is 0 Å². The highest BCUT2D eigenvalue weighted by Crippen LogP contribution is 2.31. The SMILES string of the molecule is Cc1ccc(NC(=O)CCN2c3ccccc3CC2C)cc1C. The Morgan fingerprint density at radius 1 is 1.17 bits per heavy atom. The molecule has 2 aromatic carbocycles. The number of amides is 1. The number of benzene rings is 2. The number of fused-ring (bicyclic) bond motifs is 1. The summed E-state index contributed by atoms with van der Waals surface area (Å²) < 4.78 is 0. The van der Waals surface area contributed by atoms with Crippen molar-refractivity contribution in [3.8, 4) is 0 Å². The van der Waals surface area contributed by atoms with E-state index in [-0.39, 0.29) is 5.91 Å². The van der Waals surface area contributed by atoms with Gasteiger partial charge in [0.15, 0.2) is 0 Å². The van der Waals surface area contributed by atoms with Gasteiger partial charge in [-0.15, -0.1) is 0 Å². The highest BCUT2D eigenvalue weighted by molar-refractivity contribution is 5.91. The third-order valence-corrected chi connectivity index (χ3v) is 4.72. The fourth-order valence-corrected chi connectivity index (χ4v) is 3.24. The van der Waals surface area contributed by atoms with Crippen LogP contribution in [0.1, 0.15) is 30.0 Å². The van der Waals surface area contributed by atoms with E-state index in [2.05, 4.69) is 55.3 Å². The van der Waals surface area contributed by atoms with Crippen LogP contribution < -0.4 is 10.2 Å². The predicted octanol–water partition coefficient (Wildman–Crippen LogP) is 4.08. The van der Waals surface area contributed by atoms with Gasteiger partial charge in [0.1, 0.15) is 0 Å². The predicted molar refractivity (Wildman–Crippen MR) is 96.1 cm³/mol. The van der Waals surface area contributed by atoms with E-state index in [1.807, 2.05) is 18.2 Å². The van der Waals surface area contributed by atoms with Crippen LogP contribution in [0.5, 0.6) is 0 Å². The first-order valence-corrected chi connectivity index (χ1v) is 8.26. The topological polar surface area (TPSA) is 32.3 Å². The molecule has 0 bridgehead atoms. The van der Waals surface area contributed by atoms with Gasteiger partial charge >= 0.3 is 0 Å². The van der Waals surface area contributed by atoms with Gasteiger partial charge in [0, 0.05) is 30.4 Å². The van der Waals surface area contributed by atoms with Gasteiger partial charge in [0.05, 0.1) is 0 Å². The minimum absolute atomic E-state index is 0.0739. The average Bonchev–Trinajstić information content (AvgIpc) is 2.84. The molecule has 0 aliphatic carbocycles. The zero-order valence-corrected chi connectivity index (χ0v) is 14.1. The number of aryl methyl sites for hydroxylation is 2. The van der Waals surface area contributed by atoms with Crippen molar-refractivity contribution in [2.75, 3.05) is 16.8 Å². The number of hydrogen-bond donors (Lipinski definition) is 1. The van der Waals surface area contributed by atoms with Gasteiger partial charge in [0.25, 0.3) is 0 Å². The number of hydrogen-bond acceptors (Lipinski definition) is 2. The van der Waals surface area contributed by atoms with Crippen molar-refractivity contribution >= 4 is 17.3 Å². The van der Waals surface area contributed by atoms with Gasteiger partial charge in [-0.2, -0.15) is 0 Å². The second-order valence-electron chi connectivity index (χ2n) is 6.47. The van der Waals surface area contributed by atoms with Crippen LogP contribution in [0.15, 0.2) is 42.5 Å². The first-order chi connectivity index (χ1) is 11.0. The van der Waals surface area contributed by atoms with Crippen molar-refractivity contribution in [2.24, 2.45) is 0 Å². The Labute approximate surface area is 138 Å². The number of nitrogens with zero attached hydrogens (tertiary/aromatic N) is 1. The molecule has 3 rings (SSSR count). The highest BCUT2D eigenvalue weighted by atomic mass is 16.1. The molecule has 1 atom stereocenters. The Bertz CT molecular complexity index is 723. The summed E-state index contributed by atoms with van der Waals surface area (Å²) in [6.07, 6.45) is 1.57. The minimum atomic E-state index is 0.0739. The maximum absolute atomic E-state index is 12.2. The maximum Gasteiger partial charge on any atom is 0.226 e. The third-order valence-electron chi connectivity index (χ3n) is 4.72. The van der Waals surface area contributed by atoms with Crippen LogP contribution in [0.25, 0.3) is 0 Å². The minimum Gasteiger partial charge on any atom is -0.368 e. The number of rotatable bonds is 4. The molecule has 1 aliphatic rings. The van der Waals surface area contributed by atoms with Gasteiger partial charge in [-0.1, -0.05) is 24.3 Å². The monoisotopic (exact) mass is 308 g/mol. The molecule has 0 saturated heterocycles. The smallest absolute Gasteiger partial charge is 0.226 e. The molecule has 0 aromatic heterocycles. The Morgan fingerprint density at radius 2 is 1.96 bits per heavy atom. The Balaban J connectivity index is 1.60. The number of nitrogens with one attached hydrogen (secondary N) is 1. The van der Waals surface area contributed by atoms with Crippen LogP contribution in [0.4, 0.5) is 11.4 Å². The molecular weight excluding hydrogens is 284 g/mol. The molecule has 3 heteroatoms. The standard InChI is InChI=1S/C20H24N2O/c1-14-8-9-18(12-15(14)2)21-20(23)10-11-22-16(3)13-17-6-4-5-7-19(17)22/h4-9,12,16H,10-11,13H2,1-3H3,(H,21,23). The summed E-state index contributed by atoms with van der Waals surface area (Å²) in [6.45, 7) is 7.12. The summed E-state index contributed by atoms with van der Waals surface area (Å²) in [4.78, 5) is 14.6. The van der Waals surface area contributed by atoms with Crippen molar-refractivity contribution in [2.45, 2.75) is 39.7 Å². The Morgan fingerprint density at radius 3 is 2.74 bits per heavy atom. The van der Waals surface area contributed by atoms with Crippen molar-refractivity contribution in [3.63, 3.8) is 0 Å². The summed E-state index contributed by atoms with van der Waals surface area (Å²) in [5, 5.41) is 3.01. The van der Waals surface area contributed by atoms with Crippen LogP contribution in [0.3, 0.4) is 0 Å². The first kappa shape index (κ1) is 15.6. The maximum atomic E-state index is 12.2. The van der Waals surface area contributed by atoms with Gasteiger partial charge in [-0.05, 0) is 62.1 Å². The molecule has 1 unspecified atom stereocenters. The van der Waals surface area contributed by atoms with Crippen LogP contribution in [0, 0.1) is 13.8 Å². The molecule has 1 N–H and O–H groups in total. The van der Waals surface area contributed by atoms with Crippen molar-refractivity contribution in [3.05, 3.63) is 59.2 Å². The molecule has 1 aliphatic heterocycles. The molecule has 1 amide bonds. The van der Waals surface area contributed by atoms with E-state index >= 15 is 0 Å². The third kappa shape index (κ3) is 3.39. The van der Waals surface area contributed by atoms with Gasteiger partial charge in [-0.25, -0.2) is 0 Å². The molecule has 3 nitrogen and oxygen atoms in total. The molecular formula is C20H24N2O. The fourth-order valence-electron chi connectivity index (χ4n) is 3.24. The zero-order valence-electron chi connectivity index (χ0n) is 14.1. The van der Waals surface area contributed by atoms with Gasteiger partial charge < -0.3 is 10.2 Å². The second kappa shape index (κ2) is 6.45. The first-order valence-electron chi connectivity index (χ1n) is 8.26. The largest absolute Gasteiger partial charge is 0.368 e. The average molecular weight is 308 g/mol. The molecule has 0 saturated carbocycles. The van der Waals surface area contributed by atoms with E-state index in [0.717, 1.165) is 18.7 Å². The van der Waals surface area contributed by atoms with E-state index in [4.69, 9.17) is 0 Å². The van der Waals surface area contributed by atoms with Gasteiger partial charge in [0.2, 0.25) is 5.91 Å². The number of para-hydroxylation sites is 1. The molecule has 0 spiro atoms. The Hall–Kier alpha value is -2.29. The van der Waals surface area contributed by atoms with Crippen molar-refractivity contribution in [1.29, 1.82) is 0 Å². The van der Waals surface area contributed by atoms with Crippen LogP contribution in [-0.4, -0.2) is 18.5 Å². The molecule has 23 heavy (non-hydrogen) atoms. The summed E-state index contributed by atoms with van der Waals surface area (Å²) in [5.74, 6) is 0.0739. The van der Waals surface area contributed by atoms with Crippen LogP contribution in [-0.2, 0) is 11.2 Å². The highest BCUT2D eigenvalue weighted by Gasteiger charge is 2.25. The van der Waals surface area contributed by atoms with Crippen molar-refractivity contribution in [1.82, 2.24) is 0 Å². The lowest BCUT2D eigenvalue weighted by Gasteiger charge is -2.24. The molecule has 120 valence electrons. The Kier molecular flexibility index (Phi) is 4.37. The second-order valence-corrected chi connectivity index (χ2v) is 6.47. The molecule has 1 heterocycles. The molecule has 0 radical (unpaired) electrons. The lowest BCUT2D eigenvalue weighted by atomic mass is 10.1. The van der Waals surface area contributed by atoms with Crippen molar-refractivity contribution < 1.29 is 4.79 Å². The van der Waals surface area contributed by atoms with E-state index in [9.17, 15) is 4.79 Å². The van der Waals surface area contributed by atoms with E-state index in [1.54, 1.807) is 0 Å². The number of carbonyl (C=O) groups is 1. The van der Waals surface area contributed by atoms with E-state index in [0.29, 0.717) is 12.5 Å². The molecule has 2 aromatic rings. The normalized spacial score (nSPS) is 16.3. The summed E-state index contributed by atoms with van der Waals surface area (Å²) in [6, 6.07) is 15.0. The van der Waals surface area contributed by atoms with Crippen LogP contribution >= 0.6 is 0 Å². The van der Waals surface area contributed by atoms with E-state index in [1.165, 1.54) is 22.4 Å². The lowest BCUT2D eigenvalue weighted by Crippen LogP contribution is -2.32. The number of carbonyl (C=O) groups excluding carboxylic acids is 1. The summed E-state index contributed by atoms with van der Waals surface area (Å²) >= 11 is 0. The van der Waals surface area contributed by atoms with E-state index < -0.39 is 0 Å². The quantitative estimate of drug-likeness (QED) is 0.923. The summed E-state index contributed by atoms with van der Waals surface area (Å²) in [5.41, 5.74) is 5.98. The number of anilines is 2.